The maximum absolute atomic E-state index is 13.5. The molecule has 0 bridgehead atoms. The highest BCUT2D eigenvalue weighted by molar-refractivity contribution is 5.97. The molecule has 1 fully saturated rings. The zero-order valence-electron chi connectivity index (χ0n) is 24.5. The van der Waals surface area contributed by atoms with Crippen LogP contribution >= 0.6 is 0 Å². The van der Waals surface area contributed by atoms with Gasteiger partial charge in [-0.25, -0.2) is 9.18 Å². The summed E-state index contributed by atoms with van der Waals surface area (Å²) in [6, 6.07) is 6.65. The van der Waals surface area contributed by atoms with E-state index in [9.17, 15) is 33.8 Å². The van der Waals surface area contributed by atoms with Crippen LogP contribution in [0.15, 0.2) is 48.5 Å². The summed E-state index contributed by atoms with van der Waals surface area (Å²) in [4.78, 5) is 51.8. The number of hydrogen-bond donors (Lipinski definition) is 5. The van der Waals surface area contributed by atoms with Gasteiger partial charge in [0.1, 0.15) is 23.9 Å². The number of halogens is 1. The molecule has 0 heterocycles. The number of phenols is 2. The third-order valence-corrected chi connectivity index (χ3v) is 7.35. The smallest absolute Gasteiger partial charge is 0.328 e. The molecule has 10 nitrogen and oxygen atoms in total. The Labute approximate surface area is 250 Å². The normalized spacial score (nSPS) is 15.7. The molecule has 1 saturated carbocycles. The number of rotatable bonds is 13. The van der Waals surface area contributed by atoms with Gasteiger partial charge in [-0.1, -0.05) is 50.3 Å². The first-order valence-corrected chi connectivity index (χ1v) is 14.6. The Morgan fingerprint density at radius 2 is 1.60 bits per heavy atom. The van der Waals surface area contributed by atoms with Crippen molar-refractivity contribution in [1.82, 2.24) is 16.0 Å². The number of esters is 1. The summed E-state index contributed by atoms with van der Waals surface area (Å²) in [7, 11) is 0. The number of carbonyl (C=O) groups excluding carboxylic acids is 4. The molecule has 1 aliphatic rings. The van der Waals surface area contributed by atoms with Gasteiger partial charge in [0.25, 0.3) is 0 Å². The van der Waals surface area contributed by atoms with E-state index < -0.39 is 47.6 Å². The van der Waals surface area contributed by atoms with Gasteiger partial charge < -0.3 is 30.9 Å². The molecule has 3 rings (SSSR count). The molecule has 1 aliphatic carbocycles. The van der Waals surface area contributed by atoms with Crippen molar-refractivity contribution >= 4 is 29.8 Å². The maximum Gasteiger partial charge on any atom is 0.328 e. The first kappa shape index (κ1) is 33.1. The lowest BCUT2D eigenvalue weighted by Gasteiger charge is -2.28. The maximum atomic E-state index is 13.5. The summed E-state index contributed by atoms with van der Waals surface area (Å²) in [6.07, 6.45) is 8.04. The summed E-state index contributed by atoms with van der Waals surface area (Å²) in [5, 5.41) is 27.1. The van der Waals surface area contributed by atoms with E-state index in [4.69, 9.17) is 4.74 Å². The van der Waals surface area contributed by atoms with Gasteiger partial charge in [-0.05, 0) is 67.7 Å². The minimum Gasteiger partial charge on any atom is -0.504 e. The summed E-state index contributed by atoms with van der Waals surface area (Å²) in [6.45, 7) is 3.25. The number of hydrogen-bond acceptors (Lipinski definition) is 7. The Morgan fingerprint density at radius 1 is 0.930 bits per heavy atom. The fourth-order valence-electron chi connectivity index (χ4n) is 4.99. The number of benzene rings is 2. The average molecular weight is 598 g/mol. The van der Waals surface area contributed by atoms with E-state index in [2.05, 4.69) is 16.0 Å². The Kier molecular flexibility index (Phi) is 12.5. The van der Waals surface area contributed by atoms with Gasteiger partial charge in [-0.15, -0.1) is 0 Å². The number of phenolic OH excluding ortho intramolecular Hbond substituents is 2. The van der Waals surface area contributed by atoms with E-state index in [1.807, 2.05) is 0 Å². The molecule has 232 valence electrons. The van der Waals surface area contributed by atoms with E-state index in [0.29, 0.717) is 17.5 Å². The van der Waals surface area contributed by atoms with Crippen LogP contribution in [-0.4, -0.2) is 58.6 Å². The van der Waals surface area contributed by atoms with Crippen molar-refractivity contribution in [3.63, 3.8) is 0 Å². The van der Waals surface area contributed by atoms with E-state index in [0.717, 1.165) is 32.1 Å². The summed E-state index contributed by atoms with van der Waals surface area (Å²) < 4.78 is 18.6. The van der Waals surface area contributed by atoms with Gasteiger partial charge in [-0.3, -0.25) is 14.4 Å². The van der Waals surface area contributed by atoms with Crippen molar-refractivity contribution in [3.05, 3.63) is 65.5 Å². The highest BCUT2D eigenvalue weighted by Gasteiger charge is 2.31. The van der Waals surface area contributed by atoms with Gasteiger partial charge in [0.2, 0.25) is 17.7 Å². The van der Waals surface area contributed by atoms with Gasteiger partial charge in [0.05, 0.1) is 6.61 Å². The van der Waals surface area contributed by atoms with Gasteiger partial charge in [0, 0.05) is 12.5 Å². The minimum absolute atomic E-state index is 0.0759. The van der Waals surface area contributed by atoms with Crippen LogP contribution in [0.25, 0.3) is 6.08 Å². The van der Waals surface area contributed by atoms with Crippen molar-refractivity contribution in [2.75, 3.05) is 6.61 Å². The van der Waals surface area contributed by atoms with Crippen molar-refractivity contribution < 1.29 is 38.5 Å². The summed E-state index contributed by atoms with van der Waals surface area (Å²) in [5.74, 6) is -3.19. The lowest BCUT2D eigenvalue weighted by molar-refractivity contribution is -0.147. The predicted molar refractivity (Wildman–Crippen MR) is 158 cm³/mol. The first-order chi connectivity index (χ1) is 20.5. The number of amides is 3. The summed E-state index contributed by atoms with van der Waals surface area (Å²) >= 11 is 0. The molecule has 0 aromatic heterocycles. The largest absolute Gasteiger partial charge is 0.504 e. The second-order valence-electron chi connectivity index (χ2n) is 10.8. The minimum atomic E-state index is -1.05. The third-order valence-electron chi connectivity index (χ3n) is 7.35. The highest BCUT2D eigenvalue weighted by Crippen LogP contribution is 2.28. The van der Waals surface area contributed by atoms with Crippen LogP contribution in [0.5, 0.6) is 11.5 Å². The molecule has 2 aromatic carbocycles. The van der Waals surface area contributed by atoms with Gasteiger partial charge >= 0.3 is 5.97 Å². The topological polar surface area (TPSA) is 154 Å². The number of aromatic hydroxyl groups is 2. The molecular formula is C32H40FN3O7. The SMILES string of the molecule is CCOC(=O)[C@@H](Cc1ccc(F)cc1)NC(=O)[C@@H](CC1CCCCC1)NC(=O)[C@@H](C)NC(=O)/C=C/c1ccc(O)c(O)c1. The number of carbonyl (C=O) groups is 4. The van der Waals surface area contributed by atoms with Crippen LogP contribution in [0.2, 0.25) is 0 Å². The molecule has 3 atom stereocenters. The van der Waals surface area contributed by atoms with Crippen molar-refractivity contribution in [3.8, 4) is 11.5 Å². The Morgan fingerprint density at radius 3 is 2.26 bits per heavy atom. The zero-order chi connectivity index (χ0) is 31.4. The van der Waals surface area contributed by atoms with Gasteiger partial charge in [0.15, 0.2) is 11.5 Å². The molecule has 0 spiro atoms. The number of nitrogens with one attached hydrogen (secondary N) is 3. The van der Waals surface area contributed by atoms with Crippen molar-refractivity contribution in [2.45, 2.75) is 76.9 Å². The molecule has 0 unspecified atom stereocenters. The molecule has 43 heavy (non-hydrogen) atoms. The van der Waals surface area contributed by atoms with E-state index in [1.54, 1.807) is 6.92 Å². The standard InChI is InChI=1S/C32H40FN3O7/c1-3-43-32(42)26(18-22-9-13-24(33)14-10-22)36-31(41)25(17-21-7-5-4-6-8-21)35-30(40)20(2)34-29(39)16-12-23-11-15-27(37)28(38)19-23/h9-16,19-21,25-26,37-38H,3-8,17-18H2,1-2H3,(H,34,39)(H,35,40)(H,36,41)/b16-12+/t20-,25-,26-/m1/s1. The molecular weight excluding hydrogens is 557 g/mol. The lowest BCUT2D eigenvalue weighted by Crippen LogP contribution is -2.56. The van der Waals surface area contributed by atoms with Gasteiger partial charge in [-0.2, -0.15) is 0 Å². The third kappa shape index (κ3) is 10.7. The average Bonchev–Trinajstić information content (AvgIpc) is 2.98. The Bertz CT molecular complexity index is 1290. The van der Waals surface area contributed by atoms with Crippen LogP contribution < -0.4 is 16.0 Å². The molecule has 2 aromatic rings. The van der Waals surface area contributed by atoms with Crippen molar-refractivity contribution in [2.24, 2.45) is 5.92 Å². The molecule has 11 heteroatoms. The second-order valence-corrected chi connectivity index (χ2v) is 10.8. The molecule has 5 N–H and O–H groups in total. The molecule has 0 aliphatic heterocycles. The summed E-state index contributed by atoms with van der Waals surface area (Å²) in [5.41, 5.74) is 1.09. The second kappa shape index (κ2) is 16.3. The quantitative estimate of drug-likeness (QED) is 0.135. The van der Waals surface area contributed by atoms with E-state index >= 15 is 0 Å². The highest BCUT2D eigenvalue weighted by atomic mass is 19.1. The zero-order valence-corrected chi connectivity index (χ0v) is 24.5. The Balaban J connectivity index is 1.69. The monoisotopic (exact) mass is 597 g/mol. The van der Waals surface area contributed by atoms with Crippen LogP contribution in [0.4, 0.5) is 4.39 Å². The lowest BCUT2D eigenvalue weighted by atomic mass is 9.84. The first-order valence-electron chi connectivity index (χ1n) is 14.6. The molecule has 0 radical (unpaired) electrons. The van der Waals surface area contributed by atoms with Crippen LogP contribution in [0.1, 0.15) is 63.5 Å². The van der Waals surface area contributed by atoms with Crippen LogP contribution in [0.3, 0.4) is 0 Å². The predicted octanol–water partition coefficient (Wildman–Crippen LogP) is 3.50. The fraction of sp³-hybridized carbons (Fsp3) is 0.438. The Hall–Kier alpha value is -4.41. The number of ether oxygens (including phenoxy) is 1. The molecule has 0 saturated heterocycles. The van der Waals surface area contributed by atoms with E-state index in [1.165, 1.54) is 61.5 Å². The fourth-order valence-corrected chi connectivity index (χ4v) is 4.99. The van der Waals surface area contributed by atoms with E-state index in [-0.39, 0.29) is 30.4 Å². The molecule has 3 amide bonds. The van der Waals surface area contributed by atoms with Crippen LogP contribution in [-0.2, 0) is 30.3 Å². The van der Waals surface area contributed by atoms with Crippen molar-refractivity contribution in [1.29, 1.82) is 0 Å². The van der Waals surface area contributed by atoms with Crippen LogP contribution in [0, 0.1) is 11.7 Å².